The van der Waals surface area contributed by atoms with Crippen molar-refractivity contribution >= 4 is 45.0 Å². The Morgan fingerprint density at radius 3 is 2.74 bits per heavy atom. The van der Waals surface area contributed by atoms with Crippen LogP contribution in [0.5, 0.6) is 5.75 Å². The summed E-state index contributed by atoms with van der Waals surface area (Å²) in [5.41, 5.74) is 2.14. The maximum atomic E-state index is 12.1. The summed E-state index contributed by atoms with van der Waals surface area (Å²) in [5.74, 6) is -0.678. The van der Waals surface area contributed by atoms with E-state index in [1.807, 2.05) is 19.1 Å². The highest BCUT2D eigenvalue weighted by Crippen LogP contribution is 2.29. The zero-order valence-electron chi connectivity index (χ0n) is 14.5. The quantitative estimate of drug-likeness (QED) is 0.677. The lowest BCUT2D eigenvalue weighted by Gasteiger charge is -2.25. The van der Waals surface area contributed by atoms with Crippen molar-refractivity contribution in [1.29, 1.82) is 0 Å². The Morgan fingerprint density at radius 1 is 1.19 bits per heavy atom. The number of aryl methyl sites for hydroxylation is 1. The van der Waals surface area contributed by atoms with Gasteiger partial charge in [0.25, 0.3) is 5.91 Å². The molecule has 3 amide bonds. The first kappa shape index (κ1) is 18.9. The first-order valence-electron chi connectivity index (χ1n) is 8.31. The zero-order valence-corrected chi connectivity index (χ0v) is 16.1. The van der Waals surface area contributed by atoms with Crippen LogP contribution in [0.15, 0.2) is 46.9 Å². The van der Waals surface area contributed by atoms with Gasteiger partial charge in [-0.05, 0) is 42.8 Å². The van der Waals surface area contributed by atoms with Gasteiger partial charge in [0.1, 0.15) is 5.75 Å². The van der Waals surface area contributed by atoms with E-state index in [4.69, 9.17) is 4.74 Å². The first-order chi connectivity index (χ1) is 12.9. The molecule has 0 saturated carbocycles. The molecule has 140 valence electrons. The van der Waals surface area contributed by atoms with Gasteiger partial charge in [0.05, 0.1) is 18.7 Å². The van der Waals surface area contributed by atoms with E-state index in [0.717, 1.165) is 10.0 Å². The van der Waals surface area contributed by atoms with Crippen LogP contribution in [0.25, 0.3) is 0 Å². The number of amides is 3. The van der Waals surface area contributed by atoms with E-state index >= 15 is 0 Å². The maximum absolute atomic E-state index is 12.1. The second-order valence-electron chi connectivity index (χ2n) is 6.08. The molecule has 27 heavy (non-hydrogen) atoms. The predicted octanol–water partition coefficient (Wildman–Crippen LogP) is 2.60. The van der Waals surface area contributed by atoms with Crippen molar-refractivity contribution in [2.45, 2.75) is 19.4 Å². The minimum absolute atomic E-state index is 0.176. The van der Waals surface area contributed by atoms with Crippen molar-refractivity contribution < 1.29 is 19.1 Å². The van der Waals surface area contributed by atoms with Gasteiger partial charge in [-0.15, -0.1) is 0 Å². The van der Waals surface area contributed by atoms with E-state index in [9.17, 15) is 14.4 Å². The third-order valence-corrected chi connectivity index (χ3v) is 4.48. The standard InChI is InChI=1S/C19H18BrN3O4/c1-11-8-12(20)6-7-13(11)22-18(25)10-21-17(24)9-16-19(26)23-14-4-2-3-5-15(14)27-16/h2-8,16H,9-10H2,1H3,(H,21,24)(H,22,25)(H,23,26)/t16-/m1/s1. The lowest BCUT2D eigenvalue weighted by atomic mass is 10.1. The topological polar surface area (TPSA) is 96.5 Å². The summed E-state index contributed by atoms with van der Waals surface area (Å²) in [6.45, 7) is 1.68. The molecule has 0 bridgehead atoms. The SMILES string of the molecule is Cc1cc(Br)ccc1NC(=O)CNC(=O)C[C@H]1Oc2ccccc2NC1=O. The molecule has 3 rings (SSSR count). The fraction of sp³-hybridized carbons (Fsp3) is 0.211. The van der Waals surface area contributed by atoms with Crippen LogP contribution in [0.1, 0.15) is 12.0 Å². The highest BCUT2D eigenvalue weighted by Gasteiger charge is 2.29. The lowest BCUT2D eigenvalue weighted by Crippen LogP contribution is -2.42. The molecule has 8 heteroatoms. The lowest BCUT2D eigenvalue weighted by molar-refractivity contribution is -0.131. The second kappa shape index (κ2) is 8.22. The third-order valence-electron chi connectivity index (χ3n) is 3.99. The van der Waals surface area contributed by atoms with Crippen molar-refractivity contribution in [2.24, 2.45) is 0 Å². The Hall–Kier alpha value is -2.87. The van der Waals surface area contributed by atoms with Gasteiger partial charge in [0.2, 0.25) is 11.8 Å². The molecule has 3 N–H and O–H groups in total. The number of hydrogen-bond acceptors (Lipinski definition) is 4. The van der Waals surface area contributed by atoms with Crippen molar-refractivity contribution in [3.05, 3.63) is 52.5 Å². The number of benzene rings is 2. The molecule has 1 heterocycles. The number of ether oxygens (including phenoxy) is 1. The summed E-state index contributed by atoms with van der Waals surface area (Å²) in [5, 5.41) is 7.93. The van der Waals surface area contributed by atoms with Crippen LogP contribution < -0.4 is 20.7 Å². The minimum atomic E-state index is -0.934. The highest BCUT2D eigenvalue weighted by molar-refractivity contribution is 9.10. The number of anilines is 2. The number of rotatable bonds is 5. The molecule has 1 aliphatic rings. The number of nitrogens with one attached hydrogen (secondary N) is 3. The molecule has 7 nitrogen and oxygen atoms in total. The Labute approximate surface area is 164 Å². The number of carbonyl (C=O) groups is 3. The summed E-state index contributed by atoms with van der Waals surface area (Å²) >= 11 is 3.36. The summed E-state index contributed by atoms with van der Waals surface area (Å²) < 4.78 is 6.48. The van der Waals surface area contributed by atoms with E-state index in [-0.39, 0.29) is 18.9 Å². The molecular formula is C19H18BrN3O4. The molecule has 1 aliphatic heterocycles. The highest BCUT2D eigenvalue weighted by atomic mass is 79.9. The normalized spacial score (nSPS) is 15.2. The maximum Gasteiger partial charge on any atom is 0.266 e. The minimum Gasteiger partial charge on any atom is -0.478 e. The van der Waals surface area contributed by atoms with E-state index in [2.05, 4.69) is 31.9 Å². The Balaban J connectivity index is 1.49. The third kappa shape index (κ3) is 4.85. The number of halogens is 1. The van der Waals surface area contributed by atoms with Gasteiger partial charge in [0.15, 0.2) is 6.10 Å². The van der Waals surface area contributed by atoms with Crippen LogP contribution in [0, 0.1) is 6.92 Å². The Bertz CT molecular complexity index is 900. The van der Waals surface area contributed by atoms with E-state index < -0.39 is 17.9 Å². The van der Waals surface area contributed by atoms with Crippen LogP contribution in [0.4, 0.5) is 11.4 Å². The molecular weight excluding hydrogens is 414 g/mol. The summed E-state index contributed by atoms with van der Waals surface area (Å²) in [6.07, 6.45) is -1.11. The van der Waals surface area contributed by atoms with Crippen LogP contribution in [0.2, 0.25) is 0 Å². The second-order valence-corrected chi connectivity index (χ2v) is 7.00. The molecule has 0 aromatic heterocycles. The van der Waals surface area contributed by atoms with Gasteiger partial charge in [0, 0.05) is 10.2 Å². The molecule has 2 aromatic carbocycles. The smallest absolute Gasteiger partial charge is 0.266 e. The van der Waals surface area contributed by atoms with Gasteiger partial charge < -0.3 is 20.7 Å². The molecule has 0 unspecified atom stereocenters. The summed E-state index contributed by atoms with van der Waals surface area (Å²) in [6, 6.07) is 12.5. The largest absolute Gasteiger partial charge is 0.478 e. The predicted molar refractivity (Wildman–Crippen MR) is 105 cm³/mol. The van der Waals surface area contributed by atoms with E-state index in [1.54, 1.807) is 30.3 Å². The van der Waals surface area contributed by atoms with E-state index in [1.165, 1.54) is 0 Å². The number of para-hydroxylation sites is 2. The van der Waals surface area contributed by atoms with Crippen LogP contribution >= 0.6 is 15.9 Å². The van der Waals surface area contributed by atoms with Gasteiger partial charge >= 0.3 is 0 Å². The number of fused-ring (bicyclic) bond motifs is 1. The van der Waals surface area contributed by atoms with Crippen molar-refractivity contribution in [3.8, 4) is 5.75 Å². The monoisotopic (exact) mass is 431 g/mol. The fourth-order valence-electron chi connectivity index (χ4n) is 2.61. The molecule has 0 fully saturated rings. The molecule has 0 aliphatic carbocycles. The van der Waals surface area contributed by atoms with Crippen LogP contribution in [-0.2, 0) is 14.4 Å². The van der Waals surface area contributed by atoms with Crippen molar-refractivity contribution in [1.82, 2.24) is 5.32 Å². The molecule has 0 saturated heterocycles. The van der Waals surface area contributed by atoms with Gasteiger partial charge in [-0.1, -0.05) is 28.1 Å². The average Bonchev–Trinajstić information content (AvgIpc) is 2.63. The zero-order chi connectivity index (χ0) is 19.4. The number of hydrogen-bond donors (Lipinski definition) is 3. The number of carbonyl (C=O) groups excluding carboxylic acids is 3. The van der Waals surface area contributed by atoms with Gasteiger partial charge in [-0.25, -0.2) is 0 Å². The molecule has 0 radical (unpaired) electrons. The van der Waals surface area contributed by atoms with Crippen molar-refractivity contribution in [2.75, 3.05) is 17.2 Å². The first-order valence-corrected chi connectivity index (χ1v) is 9.11. The Morgan fingerprint density at radius 2 is 1.96 bits per heavy atom. The summed E-state index contributed by atoms with van der Waals surface area (Å²) in [4.78, 5) is 36.1. The van der Waals surface area contributed by atoms with E-state index in [0.29, 0.717) is 17.1 Å². The average molecular weight is 432 g/mol. The molecule has 0 spiro atoms. The van der Waals surface area contributed by atoms with Crippen LogP contribution in [-0.4, -0.2) is 30.4 Å². The van der Waals surface area contributed by atoms with Crippen molar-refractivity contribution in [3.63, 3.8) is 0 Å². The molecule has 2 aromatic rings. The Kier molecular flexibility index (Phi) is 5.75. The van der Waals surface area contributed by atoms with Crippen LogP contribution in [0.3, 0.4) is 0 Å². The van der Waals surface area contributed by atoms with Gasteiger partial charge in [-0.3, -0.25) is 14.4 Å². The molecule has 1 atom stereocenters. The summed E-state index contributed by atoms with van der Waals surface area (Å²) in [7, 11) is 0. The fourth-order valence-corrected chi connectivity index (χ4v) is 3.08. The van der Waals surface area contributed by atoms with Gasteiger partial charge in [-0.2, -0.15) is 0 Å².